The highest BCUT2D eigenvalue weighted by molar-refractivity contribution is 6.28. The van der Waals surface area contributed by atoms with Gasteiger partial charge in [-0.3, -0.25) is 0 Å². The third-order valence-corrected chi connectivity index (χ3v) is 10.6. The van der Waals surface area contributed by atoms with Crippen LogP contribution in [-0.2, 0) is 5.41 Å². The van der Waals surface area contributed by atoms with E-state index in [1.807, 2.05) is 6.20 Å². The molecular formula is C48H39N. The predicted octanol–water partition coefficient (Wildman–Crippen LogP) is 12.9. The number of hydrogen-bond donors (Lipinski definition) is 1. The van der Waals surface area contributed by atoms with E-state index in [9.17, 15) is 0 Å². The van der Waals surface area contributed by atoms with Gasteiger partial charge in [0.2, 0.25) is 0 Å². The molecule has 0 radical (unpaired) electrons. The van der Waals surface area contributed by atoms with Crippen LogP contribution < -0.4 is 5.32 Å². The number of fused-ring (bicyclic) bond motifs is 1. The molecule has 0 aliphatic carbocycles. The first-order valence-corrected chi connectivity index (χ1v) is 17.4. The van der Waals surface area contributed by atoms with Crippen molar-refractivity contribution in [2.75, 3.05) is 0 Å². The van der Waals surface area contributed by atoms with Crippen molar-refractivity contribution < 1.29 is 0 Å². The van der Waals surface area contributed by atoms with Crippen molar-refractivity contribution in [3.8, 4) is 33.4 Å². The van der Waals surface area contributed by atoms with Gasteiger partial charge in [0.25, 0.3) is 0 Å². The van der Waals surface area contributed by atoms with Crippen LogP contribution in [0.15, 0.2) is 152 Å². The van der Waals surface area contributed by atoms with E-state index in [4.69, 9.17) is 0 Å². The molecule has 236 valence electrons. The molecule has 1 aliphatic heterocycles. The average molecular weight is 630 g/mol. The maximum atomic E-state index is 3.44. The monoisotopic (exact) mass is 629 g/mol. The van der Waals surface area contributed by atoms with Gasteiger partial charge >= 0.3 is 0 Å². The molecule has 1 N–H and O–H groups in total. The lowest BCUT2D eigenvalue weighted by Crippen LogP contribution is -2.23. The van der Waals surface area contributed by atoms with Gasteiger partial charge in [-0.1, -0.05) is 154 Å². The maximum Gasteiger partial charge on any atom is 0.0486 e. The summed E-state index contributed by atoms with van der Waals surface area (Å²) in [6, 6.07) is 50.5. The fourth-order valence-corrected chi connectivity index (χ4v) is 7.91. The summed E-state index contributed by atoms with van der Waals surface area (Å²) in [5, 5.41) is 13.9. The van der Waals surface area contributed by atoms with Crippen LogP contribution in [0.25, 0.3) is 82.0 Å². The Balaban J connectivity index is 1.26. The first kappa shape index (κ1) is 29.5. The number of dihydropyridines is 1. The summed E-state index contributed by atoms with van der Waals surface area (Å²) in [7, 11) is 0. The molecule has 1 heterocycles. The fourth-order valence-electron chi connectivity index (χ4n) is 7.91. The van der Waals surface area contributed by atoms with Crippen LogP contribution in [0.2, 0.25) is 0 Å². The Kier molecular flexibility index (Phi) is 6.74. The van der Waals surface area contributed by atoms with E-state index in [1.165, 1.54) is 93.2 Å². The molecule has 0 spiro atoms. The molecule has 0 saturated heterocycles. The highest BCUT2D eigenvalue weighted by Crippen LogP contribution is 2.45. The fraction of sp³-hybridized carbons (Fsp3) is 0.125. The zero-order valence-corrected chi connectivity index (χ0v) is 28.5. The lowest BCUT2D eigenvalue weighted by atomic mass is 9.81. The van der Waals surface area contributed by atoms with Crippen molar-refractivity contribution in [2.45, 2.75) is 39.2 Å². The summed E-state index contributed by atoms with van der Waals surface area (Å²) in [4.78, 5) is 0. The Morgan fingerprint density at radius 1 is 0.490 bits per heavy atom. The second-order valence-corrected chi connectivity index (χ2v) is 14.7. The van der Waals surface area contributed by atoms with Gasteiger partial charge in [-0.15, -0.1) is 0 Å². The van der Waals surface area contributed by atoms with Gasteiger partial charge in [-0.2, -0.15) is 0 Å². The Hall–Kier alpha value is -5.66. The van der Waals surface area contributed by atoms with Gasteiger partial charge in [0.1, 0.15) is 0 Å². The summed E-state index contributed by atoms with van der Waals surface area (Å²) in [5.41, 5.74) is 11.5. The summed E-state index contributed by atoms with van der Waals surface area (Å²) in [6.07, 6.45) is 6.33. The molecule has 8 aromatic rings. The van der Waals surface area contributed by atoms with E-state index in [0.29, 0.717) is 0 Å². The second-order valence-electron chi connectivity index (χ2n) is 14.7. The lowest BCUT2D eigenvalue weighted by Gasteiger charge is -2.23. The summed E-state index contributed by atoms with van der Waals surface area (Å²) in [5.74, 6) is 0. The SMILES string of the molecule is CC1NC=CC=C1c1ccc(-c2cc(-c3ccc(-c4cccc5ccccc45)cc3)c3ccc4cc(C(C)(C)C)cc5ccc2c3c54)cc1. The standard InChI is InChI=1S/C48H39N/c1-30-39(13-8-26-49-30)32-14-18-34(19-15-32)44-29-45(35-20-16-33(17-21-35)41-12-7-10-31-9-5-6-11-40(31)41)43-25-23-37-28-38(48(2,3)4)27-36-22-24-42(44)47(43)46(36)37/h5-30,49H,1-4H3. The maximum absolute atomic E-state index is 3.44. The predicted molar refractivity (Wildman–Crippen MR) is 212 cm³/mol. The summed E-state index contributed by atoms with van der Waals surface area (Å²) >= 11 is 0. The summed E-state index contributed by atoms with van der Waals surface area (Å²) < 4.78 is 0. The first-order valence-electron chi connectivity index (χ1n) is 17.4. The van der Waals surface area contributed by atoms with Crippen molar-refractivity contribution in [1.29, 1.82) is 0 Å². The Morgan fingerprint density at radius 2 is 1.06 bits per heavy atom. The largest absolute Gasteiger partial charge is 0.384 e. The number of rotatable bonds is 4. The minimum atomic E-state index is 0.0743. The van der Waals surface area contributed by atoms with Gasteiger partial charge in [0, 0.05) is 6.04 Å². The second kappa shape index (κ2) is 11.2. The molecule has 1 unspecified atom stereocenters. The molecule has 1 aliphatic rings. The molecule has 0 bridgehead atoms. The van der Waals surface area contributed by atoms with Crippen LogP contribution in [0, 0.1) is 0 Å². The smallest absolute Gasteiger partial charge is 0.0486 e. The molecule has 0 fully saturated rings. The molecule has 9 rings (SSSR count). The zero-order chi connectivity index (χ0) is 33.3. The van der Waals surface area contributed by atoms with E-state index >= 15 is 0 Å². The van der Waals surface area contributed by atoms with Gasteiger partial charge < -0.3 is 5.32 Å². The van der Waals surface area contributed by atoms with E-state index in [-0.39, 0.29) is 11.5 Å². The molecule has 49 heavy (non-hydrogen) atoms. The van der Waals surface area contributed by atoms with Gasteiger partial charge in [0.05, 0.1) is 0 Å². The van der Waals surface area contributed by atoms with E-state index in [1.54, 1.807) is 0 Å². The van der Waals surface area contributed by atoms with E-state index < -0.39 is 0 Å². The number of nitrogens with one attached hydrogen (secondary N) is 1. The molecule has 0 aromatic heterocycles. The van der Waals surface area contributed by atoms with Gasteiger partial charge in [-0.25, -0.2) is 0 Å². The number of hydrogen-bond acceptors (Lipinski definition) is 1. The number of benzene rings is 8. The molecule has 1 atom stereocenters. The Morgan fingerprint density at radius 3 is 1.67 bits per heavy atom. The molecule has 8 aromatic carbocycles. The highest BCUT2D eigenvalue weighted by atomic mass is 14.9. The molecule has 1 nitrogen and oxygen atoms in total. The summed E-state index contributed by atoms with van der Waals surface area (Å²) in [6.45, 7) is 9.13. The van der Waals surface area contributed by atoms with Crippen molar-refractivity contribution >= 4 is 48.7 Å². The minimum Gasteiger partial charge on any atom is -0.384 e. The Bertz CT molecular complexity index is 2570. The van der Waals surface area contributed by atoms with Crippen molar-refractivity contribution in [1.82, 2.24) is 5.32 Å². The lowest BCUT2D eigenvalue weighted by molar-refractivity contribution is 0.591. The highest BCUT2D eigenvalue weighted by Gasteiger charge is 2.21. The van der Waals surface area contributed by atoms with E-state index in [2.05, 4.69) is 179 Å². The van der Waals surface area contributed by atoms with E-state index in [0.717, 1.165) is 0 Å². The van der Waals surface area contributed by atoms with Gasteiger partial charge in [-0.05, 0) is 124 Å². The van der Waals surface area contributed by atoms with Crippen molar-refractivity contribution in [3.63, 3.8) is 0 Å². The van der Waals surface area contributed by atoms with Crippen LogP contribution in [0.3, 0.4) is 0 Å². The normalized spacial score (nSPS) is 14.9. The number of allylic oxidation sites excluding steroid dienone is 2. The quantitative estimate of drug-likeness (QED) is 0.191. The molecule has 0 saturated carbocycles. The van der Waals surface area contributed by atoms with Crippen LogP contribution >= 0.6 is 0 Å². The van der Waals surface area contributed by atoms with Crippen molar-refractivity contribution in [3.05, 3.63) is 163 Å². The Labute approximate surface area is 288 Å². The molecule has 1 heteroatoms. The molecule has 0 amide bonds. The van der Waals surface area contributed by atoms with Crippen LogP contribution in [0.4, 0.5) is 0 Å². The zero-order valence-electron chi connectivity index (χ0n) is 28.5. The third kappa shape index (κ3) is 4.92. The first-order chi connectivity index (χ1) is 23.8. The van der Waals surface area contributed by atoms with Crippen LogP contribution in [0.5, 0.6) is 0 Å². The van der Waals surface area contributed by atoms with Gasteiger partial charge in [0.15, 0.2) is 0 Å². The average Bonchev–Trinajstić information content (AvgIpc) is 3.13. The van der Waals surface area contributed by atoms with Crippen LogP contribution in [-0.4, -0.2) is 6.04 Å². The molecular weight excluding hydrogens is 591 g/mol. The minimum absolute atomic E-state index is 0.0743. The van der Waals surface area contributed by atoms with Crippen LogP contribution in [0.1, 0.15) is 38.8 Å². The van der Waals surface area contributed by atoms with Crippen molar-refractivity contribution in [2.24, 2.45) is 0 Å². The topological polar surface area (TPSA) is 12.0 Å². The third-order valence-electron chi connectivity index (χ3n) is 10.6.